The van der Waals surface area contributed by atoms with Crippen LogP contribution in [0.4, 0.5) is 0 Å². The Balaban J connectivity index is 1.83. The van der Waals surface area contributed by atoms with Crippen LogP contribution in [-0.4, -0.2) is 48.2 Å². The van der Waals surface area contributed by atoms with Crippen molar-refractivity contribution in [3.8, 4) is 0 Å². The van der Waals surface area contributed by atoms with E-state index in [0.717, 1.165) is 25.1 Å². The first-order chi connectivity index (χ1) is 10.1. The molecule has 1 saturated heterocycles. The van der Waals surface area contributed by atoms with Crippen molar-refractivity contribution in [3.63, 3.8) is 0 Å². The Morgan fingerprint density at radius 2 is 2.29 bits per heavy atom. The molecule has 1 unspecified atom stereocenters. The Morgan fingerprint density at radius 1 is 1.48 bits per heavy atom. The van der Waals surface area contributed by atoms with Crippen molar-refractivity contribution in [3.05, 3.63) is 34.3 Å². The van der Waals surface area contributed by atoms with Crippen LogP contribution in [0.5, 0.6) is 0 Å². The van der Waals surface area contributed by atoms with Crippen LogP contribution in [0.1, 0.15) is 35.2 Å². The third kappa shape index (κ3) is 4.43. The van der Waals surface area contributed by atoms with Gasteiger partial charge in [-0.25, -0.2) is 0 Å². The van der Waals surface area contributed by atoms with Crippen LogP contribution in [-0.2, 0) is 0 Å². The van der Waals surface area contributed by atoms with E-state index in [2.05, 4.69) is 10.2 Å². The van der Waals surface area contributed by atoms with Gasteiger partial charge >= 0.3 is 0 Å². The Hall–Kier alpha value is -1.10. The number of hydrogen-bond acceptors (Lipinski definition) is 3. The Bertz CT molecular complexity index is 493. The van der Waals surface area contributed by atoms with Crippen molar-refractivity contribution < 1.29 is 9.90 Å². The van der Waals surface area contributed by atoms with E-state index in [-0.39, 0.29) is 18.6 Å². The van der Waals surface area contributed by atoms with Gasteiger partial charge in [-0.15, -0.1) is 0 Å². The highest BCUT2D eigenvalue weighted by atomic mass is 35.5. The number of hydrogen-bond donors (Lipinski definition) is 2. The summed E-state index contributed by atoms with van der Waals surface area (Å²) >= 11 is 5.90. The first-order valence-electron chi connectivity index (χ1n) is 7.51. The van der Waals surface area contributed by atoms with Crippen molar-refractivity contribution in [1.82, 2.24) is 10.2 Å². The number of aliphatic hydroxyl groups excluding tert-OH is 1. The summed E-state index contributed by atoms with van der Waals surface area (Å²) in [5.74, 6) is -0.0678. The number of carbonyl (C=O) groups is 1. The number of halogens is 1. The number of piperidine rings is 1. The maximum atomic E-state index is 12.1. The van der Waals surface area contributed by atoms with Crippen molar-refractivity contribution >= 4 is 17.5 Å². The highest BCUT2D eigenvalue weighted by molar-refractivity contribution is 6.30. The molecule has 1 atom stereocenters. The van der Waals surface area contributed by atoms with Crippen molar-refractivity contribution in [2.24, 2.45) is 0 Å². The summed E-state index contributed by atoms with van der Waals surface area (Å²) in [6.45, 7) is 4.46. The number of aryl methyl sites for hydroxylation is 1. The maximum Gasteiger partial charge on any atom is 0.251 e. The molecule has 2 N–H and O–H groups in total. The predicted molar refractivity (Wildman–Crippen MR) is 84.8 cm³/mol. The number of aliphatic hydroxyl groups is 1. The monoisotopic (exact) mass is 310 g/mol. The normalized spacial score (nSPS) is 19.5. The molecule has 1 amide bonds. The first kappa shape index (κ1) is 16.3. The van der Waals surface area contributed by atoms with Gasteiger partial charge in [-0.2, -0.15) is 0 Å². The molecule has 0 bridgehead atoms. The molecule has 1 heterocycles. The standard InChI is InChI=1S/C16H23ClN2O2/c1-12-10-13(17)5-6-15(12)16(21)18-7-9-19-8-3-2-4-14(19)11-20/h5-6,10,14,20H,2-4,7-9,11H2,1H3,(H,18,21). The minimum absolute atomic E-state index is 0.0678. The summed E-state index contributed by atoms with van der Waals surface area (Å²) < 4.78 is 0. The van der Waals surface area contributed by atoms with Gasteiger partial charge in [-0.3, -0.25) is 9.69 Å². The van der Waals surface area contributed by atoms with Gasteiger partial charge in [0.25, 0.3) is 5.91 Å². The van der Waals surface area contributed by atoms with Crippen molar-refractivity contribution in [2.45, 2.75) is 32.2 Å². The number of amides is 1. The number of likely N-dealkylation sites (tertiary alicyclic amines) is 1. The quantitative estimate of drug-likeness (QED) is 0.877. The van der Waals surface area contributed by atoms with Crippen LogP contribution in [0.3, 0.4) is 0 Å². The molecular weight excluding hydrogens is 288 g/mol. The fourth-order valence-corrected chi connectivity index (χ4v) is 3.08. The summed E-state index contributed by atoms with van der Waals surface area (Å²) in [4.78, 5) is 14.4. The molecular formula is C16H23ClN2O2. The largest absolute Gasteiger partial charge is 0.395 e. The fraction of sp³-hybridized carbons (Fsp3) is 0.562. The maximum absolute atomic E-state index is 12.1. The highest BCUT2D eigenvalue weighted by Crippen LogP contribution is 2.16. The second kappa shape index (κ2) is 7.78. The van der Waals surface area contributed by atoms with Crippen molar-refractivity contribution in [2.75, 3.05) is 26.2 Å². The van der Waals surface area contributed by atoms with Gasteiger partial charge in [-0.05, 0) is 50.1 Å². The smallest absolute Gasteiger partial charge is 0.251 e. The molecule has 0 aliphatic carbocycles. The molecule has 1 aliphatic heterocycles. The lowest BCUT2D eigenvalue weighted by molar-refractivity contribution is 0.0849. The number of nitrogens with zero attached hydrogens (tertiary/aromatic N) is 1. The van der Waals surface area contributed by atoms with E-state index in [4.69, 9.17) is 11.6 Å². The van der Waals surface area contributed by atoms with E-state index >= 15 is 0 Å². The van der Waals surface area contributed by atoms with Gasteiger partial charge in [0, 0.05) is 29.7 Å². The molecule has 1 aromatic rings. The molecule has 4 nitrogen and oxygen atoms in total. The first-order valence-corrected chi connectivity index (χ1v) is 7.89. The topological polar surface area (TPSA) is 52.6 Å². The summed E-state index contributed by atoms with van der Waals surface area (Å²) in [6.07, 6.45) is 3.39. The fourth-order valence-electron chi connectivity index (χ4n) is 2.85. The number of benzene rings is 1. The second-order valence-corrected chi connectivity index (χ2v) is 6.02. The van der Waals surface area contributed by atoms with Gasteiger partial charge in [0.05, 0.1) is 6.61 Å². The lowest BCUT2D eigenvalue weighted by Crippen LogP contribution is -2.45. The summed E-state index contributed by atoms with van der Waals surface area (Å²) in [5.41, 5.74) is 1.54. The van der Waals surface area contributed by atoms with Crippen LogP contribution in [0, 0.1) is 6.92 Å². The second-order valence-electron chi connectivity index (χ2n) is 5.58. The van der Waals surface area contributed by atoms with E-state index in [1.807, 2.05) is 6.92 Å². The van der Waals surface area contributed by atoms with E-state index in [9.17, 15) is 9.90 Å². The van der Waals surface area contributed by atoms with Crippen LogP contribution in [0.25, 0.3) is 0 Å². The minimum atomic E-state index is -0.0678. The van der Waals surface area contributed by atoms with Gasteiger partial charge in [-0.1, -0.05) is 18.0 Å². The number of rotatable bonds is 5. The zero-order chi connectivity index (χ0) is 15.2. The third-order valence-electron chi connectivity index (χ3n) is 4.08. The molecule has 2 rings (SSSR count). The van der Waals surface area contributed by atoms with E-state index < -0.39 is 0 Å². The Labute approximate surface area is 131 Å². The Morgan fingerprint density at radius 3 is 3.00 bits per heavy atom. The van der Waals surface area contributed by atoms with Gasteiger partial charge in [0.1, 0.15) is 0 Å². The molecule has 1 aromatic carbocycles. The van der Waals surface area contributed by atoms with Crippen molar-refractivity contribution in [1.29, 1.82) is 0 Å². The predicted octanol–water partition coefficient (Wildman–Crippen LogP) is 2.23. The summed E-state index contributed by atoms with van der Waals surface area (Å²) in [7, 11) is 0. The molecule has 0 saturated carbocycles. The molecule has 21 heavy (non-hydrogen) atoms. The molecule has 0 aromatic heterocycles. The minimum Gasteiger partial charge on any atom is -0.395 e. The molecule has 0 radical (unpaired) electrons. The van der Waals surface area contributed by atoms with Gasteiger partial charge in [0.15, 0.2) is 0 Å². The SMILES string of the molecule is Cc1cc(Cl)ccc1C(=O)NCCN1CCCCC1CO. The van der Waals surface area contributed by atoms with Crippen LogP contribution >= 0.6 is 11.6 Å². The molecule has 5 heteroatoms. The van der Waals surface area contributed by atoms with E-state index in [1.165, 1.54) is 12.8 Å². The third-order valence-corrected chi connectivity index (χ3v) is 4.31. The van der Waals surface area contributed by atoms with Crippen LogP contribution in [0.15, 0.2) is 18.2 Å². The van der Waals surface area contributed by atoms with E-state index in [0.29, 0.717) is 17.1 Å². The molecule has 116 valence electrons. The number of nitrogens with one attached hydrogen (secondary N) is 1. The summed E-state index contributed by atoms with van der Waals surface area (Å²) in [6, 6.07) is 5.52. The Kier molecular flexibility index (Phi) is 6.03. The van der Waals surface area contributed by atoms with Gasteiger partial charge in [0.2, 0.25) is 0 Å². The molecule has 1 fully saturated rings. The van der Waals surface area contributed by atoms with Crippen LogP contribution in [0.2, 0.25) is 5.02 Å². The average molecular weight is 311 g/mol. The molecule has 0 spiro atoms. The van der Waals surface area contributed by atoms with Gasteiger partial charge < -0.3 is 10.4 Å². The van der Waals surface area contributed by atoms with Crippen LogP contribution < -0.4 is 5.32 Å². The summed E-state index contributed by atoms with van der Waals surface area (Å²) in [5, 5.41) is 13.0. The average Bonchev–Trinajstić information content (AvgIpc) is 2.47. The zero-order valence-corrected chi connectivity index (χ0v) is 13.2. The number of carbonyl (C=O) groups excluding carboxylic acids is 1. The lowest BCUT2D eigenvalue weighted by atomic mass is 10.0. The van der Waals surface area contributed by atoms with E-state index in [1.54, 1.807) is 18.2 Å². The lowest BCUT2D eigenvalue weighted by Gasteiger charge is -2.34. The zero-order valence-electron chi connectivity index (χ0n) is 12.4. The molecule has 1 aliphatic rings. The highest BCUT2D eigenvalue weighted by Gasteiger charge is 2.21.